The van der Waals surface area contributed by atoms with Gasteiger partial charge in [-0.05, 0) is 37.3 Å². The maximum Gasteiger partial charge on any atom is 0.266 e. The number of sulfonamides is 1. The van der Waals surface area contributed by atoms with Crippen molar-refractivity contribution in [2.75, 3.05) is 10.0 Å². The van der Waals surface area contributed by atoms with Crippen LogP contribution in [0.1, 0.15) is 11.1 Å². The van der Waals surface area contributed by atoms with Gasteiger partial charge in [0.2, 0.25) is 0 Å². The van der Waals surface area contributed by atoms with Gasteiger partial charge in [-0.2, -0.15) is 10.4 Å². The van der Waals surface area contributed by atoms with Gasteiger partial charge in [-0.1, -0.05) is 29.8 Å². The molecule has 4 rings (SSSR count). The number of rotatable bonds is 7. The molecule has 0 spiro atoms. The quantitative estimate of drug-likeness (QED) is 0.262. The highest BCUT2D eigenvalue weighted by atomic mass is 32.2. The molecule has 0 unspecified atom stereocenters. The fourth-order valence-corrected chi connectivity index (χ4v) is 4.81. The van der Waals surface area contributed by atoms with Gasteiger partial charge in [0, 0.05) is 28.4 Å². The number of H-pyrrole nitrogens is 1. The van der Waals surface area contributed by atoms with E-state index in [-0.39, 0.29) is 15.6 Å². The average molecular weight is 491 g/mol. The highest BCUT2D eigenvalue weighted by Gasteiger charge is 2.17. The molecule has 0 aliphatic heterocycles. The second kappa shape index (κ2) is 9.70. The van der Waals surface area contributed by atoms with Crippen LogP contribution in [0.15, 0.2) is 76.8 Å². The largest absolute Gasteiger partial charge is 0.321 e. The number of anilines is 2. The molecule has 0 saturated carbocycles. The van der Waals surface area contributed by atoms with E-state index in [0.29, 0.717) is 16.9 Å². The molecule has 0 aliphatic rings. The number of nitriles is 1. The Bertz CT molecular complexity index is 1480. The molecular weight excluding hydrogens is 472 g/mol. The van der Waals surface area contributed by atoms with E-state index in [1.54, 1.807) is 5.38 Å². The third kappa shape index (κ3) is 5.20. The number of thiazole rings is 1. The van der Waals surface area contributed by atoms with Gasteiger partial charge < -0.3 is 5.32 Å². The molecule has 0 aliphatic carbocycles. The lowest BCUT2D eigenvalue weighted by Gasteiger charge is -2.08. The number of aromatic amines is 1. The molecule has 11 heteroatoms. The van der Waals surface area contributed by atoms with Crippen LogP contribution in [-0.2, 0) is 14.8 Å². The molecule has 0 fully saturated rings. The van der Waals surface area contributed by atoms with Crippen molar-refractivity contribution in [3.63, 3.8) is 0 Å². The van der Waals surface area contributed by atoms with Crippen molar-refractivity contribution in [2.24, 2.45) is 0 Å². The average Bonchev–Trinajstić information content (AvgIpc) is 3.50. The number of hydrogen-bond acceptors (Lipinski definition) is 7. The molecule has 4 aromatic rings. The molecule has 0 bridgehead atoms. The monoisotopic (exact) mass is 490 g/mol. The lowest BCUT2D eigenvalue weighted by molar-refractivity contribution is -0.112. The number of aryl methyl sites for hydroxylation is 1. The van der Waals surface area contributed by atoms with E-state index in [0.717, 1.165) is 22.5 Å². The summed E-state index contributed by atoms with van der Waals surface area (Å²) in [6.07, 6.45) is 4.48. The normalized spacial score (nSPS) is 11.6. The summed E-state index contributed by atoms with van der Waals surface area (Å²) < 4.78 is 27.3. The Balaban J connectivity index is 1.50. The van der Waals surface area contributed by atoms with Crippen LogP contribution >= 0.6 is 11.3 Å². The van der Waals surface area contributed by atoms with E-state index < -0.39 is 15.9 Å². The van der Waals surface area contributed by atoms with Gasteiger partial charge in [-0.25, -0.2) is 13.4 Å². The maximum absolute atomic E-state index is 12.7. The summed E-state index contributed by atoms with van der Waals surface area (Å²) in [7, 11) is -3.81. The van der Waals surface area contributed by atoms with E-state index in [9.17, 15) is 18.5 Å². The van der Waals surface area contributed by atoms with Crippen molar-refractivity contribution >= 4 is 44.2 Å². The number of nitrogens with one attached hydrogen (secondary N) is 3. The van der Waals surface area contributed by atoms with Crippen LogP contribution in [0.4, 0.5) is 10.8 Å². The second-order valence-electron chi connectivity index (χ2n) is 7.16. The summed E-state index contributed by atoms with van der Waals surface area (Å²) >= 11 is 1.16. The summed E-state index contributed by atoms with van der Waals surface area (Å²) in [4.78, 5) is 16.6. The van der Waals surface area contributed by atoms with Crippen LogP contribution in [0.5, 0.6) is 0 Å². The number of carbonyl (C=O) groups is 1. The second-order valence-corrected chi connectivity index (χ2v) is 9.73. The van der Waals surface area contributed by atoms with Crippen LogP contribution in [0.3, 0.4) is 0 Å². The number of hydrogen-bond donors (Lipinski definition) is 3. The molecule has 34 heavy (non-hydrogen) atoms. The smallest absolute Gasteiger partial charge is 0.266 e. The van der Waals surface area contributed by atoms with E-state index in [1.165, 1.54) is 42.7 Å². The van der Waals surface area contributed by atoms with Crippen LogP contribution in [0.25, 0.3) is 17.3 Å². The van der Waals surface area contributed by atoms with Crippen molar-refractivity contribution in [3.8, 4) is 17.3 Å². The van der Waals surface area contributed by atoms with Crippen LogP contribution in [-0.4, -0.2) is 29.5 Å². The Labute approximate surface area is 199 Å². The fraction of sp³-hybridized carbons (Fsp3) is 0.0435. The maximum atomic E-state index is 12.7. The minimum Gasteiger partial charge on any atom is -0.321 e. The lowest BCUT2D eigenvalue weighted by Crippen LogP contribution is -2.15. The number of aromatic nitrogens is 3. The van der Waals surface area contributed by atoms with Crippen LogP contribution in [0.2, 0.25) is 0 Å². The Morgan fingerprint density at radius 2 is 1.88 bits per heavy atom. The van der Waals surface area contributed by atoms with E-state index in [4.69, 9.17) is 0 Å². The zero-order valence-corrected chi connectivity index (χ0v) is 19.4. The molecule has 2 aromatic carbocycles. The van der Waals surface area contributed by atoms with E-state index >= 15 is 0 Å². The lowest BCUT2D eigenvalue weighted by atomic mass is 10.0. The first-order chi connectivity index (χ1) is 16.4. The molecule has 2 aromatic heterocycles. The Morgan fingerprint density at radius 1 is 1.15 bits per heavy atom. The van der Waals surface area contributed by atoms with Crippen molar-refractivity contribution in [2.45, 2.75) is 11.8 Å². The summed E-state index contributed by atoms with van der Waals surface area (Å²) in [6.45, 7) is 1.98. The molecule has 2 heterocycles. The summed E-state index contributed by atoms with van der Waals surface area (Å²) in [5.74, 6) is -0.630. The van der Waals surface area contributed by atoms with Gasteiger partial charge in [-0.3, -0.25) is 14.6 Å². The zero-order chi connectivity index (χ0) is 24.1. The van der Waals surface area contributed by atoms with Crippen molar-refractivity contribution in [1.82, 2.24) is 15.2 Å². The summed E-state index contributed by atoms with van der Waals surface area (Å²) in [5, 5.41) is 21.0. The molecule has 3 N–H and O–H groups in total. The number of nitrogens with zero attached hydrogens (tertiary/aromatic N) is 3. The van der Waals surface area contributed by atoms with Gasteiger partial charge in [0.15, 0.2) is 5.13 Å². The molecule has 1 amide bonds. The SMILES string of the molecule is Cc1ccc(-c2[nH]ncc2/C=C(\C#N)C(=O)Nc2ccc(S(=O)(=O)Nc3nccs3)cc2)cc1. The Kier molecular flexibility index (Phi) is 6.53. The molecule has 9 nitrogen and oxygen atoms in total. The molecule has 0 saturated heterocycles. The molecule has 0 atom stereocenters. The Morgan fingerprint density at radius 3 is 2.53 bits per heavy atom. The van der Waals surface area contributed by atoms with Crippen molar-refractivity contribution < 1.29 is 13.2 Å². The summed E-state index contributed by atoms with van der Waals surface area (Å²) in [6, 6.07) is 15.3. The minimum absolute atomic E-state index is 0.0119. The van der Waals surface area contributed by atoms with Gasteiger partial charge in [0.1, 0.15) is 11.6 Å². The first-order valence-electron chi connectivity index (χ1n) is 9.91. The minimum atomic E-state index is -3.81. The standard InChI is InChI=1S/C23H18N6O3S2/c1-15-2-4-16(5-3-15)21-18(14-26-28-21)12-17(13-24)22(30)27-19-6-8-20(9-7-19)34(31,32)29-23-25-10-11-33-23/h2-12,14H,1H3,(H,25,29)(H,26,28)(H,27,30)/b17-12+. The van der Waals surface area contributed by atoms with Crippen molar-refractivity contribution in [1.29, 1.82) is 5.26 Å². The predicted octanol–water partition coefficient (Wildman–Crippen LogP) is 4.19. The van der Waals surface area contributed by atoms with Gasteiger partial charge >= 0.3 is 0 Å². The van der Waals surface area contributed by atoms with Gasteiger partial charge in [0.05, 0.1) is 16.8 Å². The first kappa shape index (κ1) is 22.9. The highest BCUT2D eigenvalue weighted by Crippen LogP contribution is 2.24. The van der Waals surface area contributed by atoms with Gasteiger partial charge in [0.25, 0.3) is 15.9 Å². The fourth-order valence-electron chi connectivity index (χ4n) is 3.02. The third-order valence-corrected chi connectivity index (χ3v) is 6.92. The molecule has 0 radical (unpaired) electrons. The third-order valence-electron chi connectivity index (χ3n) is 4.75. The number of amides is 1. The van der Waals surface area contributed by atoms with Crippen LogP contribution in [0, 0.1) is 18.3 Å². The molecular formula is C23H18N6O3S2. The van der Waals surface area contributed by atoms with Gasteiger partial charge in [-0.15, -0.1) is 11.3 Å². The number of carbonyl (C=O) groups excluding carboxylic acids is 1. The van der Waals surface area contributed by atoms with E-state index in [2.05, 4.69) is 25.2 Å². The summed E-state index contributed by atoms with van der Waals surface area (Å²) in [5.41, 5.74) is 3.46. The number of benzene rings is 2. The predicted molar refractivity (Wildman–Crippen MR) is 130 cm³/mol. The van der Waals surface area contributed by atoms with Crippen LogP contribution < -0.4 is 10.0 Å². The molecule has 170 valence electrons. The zero-order valence-electron chi connectivity index (χ0n) is 17.8. The Hall–Kier alpha value is -4.27. The topological polar surface area (TPSA) is 141 Å². The first-order valence-corrected chi connectivity index (χ1v) is 12.3. The van der Waals surface area contributed by atoms with E-state index in [1.807, 2.05) is 37.3 Å². The van der Waals surface area contributed by atoms with Crippen molar-refractivity contribution in [3.05, 3.63) is 83.0 Å². The highest BCUT2D eigenvalue weighted by molar-refractivity contribution is 7.93.